The predicted octanol–water partition coefficient (Wildman–Crippen LogP) is 0.329. The molecule has 4 N–H and O–H groups in total. The molecule has 1 heterocycles. The molecule has 0 unspecified atom stereocenters. The van der Waals surface area contributed by atoms with Gasteiger partial charge in [-0.1, -0.05) is 17.7 Å². The summed E-state index contributed by atoms with van der Waals surface area (Å²) in [7, 11) is -4.06. The van der Waals surface area contributed by atoms with Crippen molar-refractivity contribution in [2.45, 2.75) is 24.8 Å². The third kappa shape index (κ3) is 6.02. The highest BCUT2D eigenvalue weighted by atomic mass is 32.2. The number of sulfonamides is 1. The molecule has 34 heavy (non-hydrogen) atoms. The molecule has 2 aromatic rings. The maximum atomic E-state index is 12.7. The average molecular weight is 491 g/mol. The molecular weight excluding hydrogens is 464 g/mol. The van der Waals surface area contributed by atoms with E-state index in [0.29, 0.717) is 17.1 Å². The fraction of sp³-hybridized carbons (Fsp3) is 0.318. The molecule has 0 radical (unpaired) electrons. The molecule has 0 aliphatic carbocycles. The Morgan fingerprint density at radius 1 is 1.21 bits per heavy atom. The maximum Gasteiger partial charge on any atom is 0.326 e. The first-order valence-corrected chi connectivity index (χ1v) is 11.9. The lowest BCUT2D eigenvalue weighted by atomic mass is 10.2. The molecule has 3 rings (SSSR count). The number of nitrogens with zero attached hydrogens (tertiary/aromatic N) is 1. The van der Waals surface area contributed by atoms with Gasteiger partial charge in [0, 0.05) is 18.3 Å². The van der Waals surface area contributed by atoms with E-state index in [1.807, 2.05) is 6.92 Å². The predicted molar refractivity (Wildman–Crippen MR) is 124 cm³/mol. The van der Waals surface area contributed by atoms with Gasteiger partial charge in [-0.2, -0.15) is 4.72 Å². The molecule has 1 aliphatic rings. The number of esters is 1. The number of anilines is 2. The summed E-state index contributed by atoms with van der Waals surface area (Å²) in [5.41, 5.74) is 7.42. The number of aryl methyl sites for hydroxylation is 1. The van der Waals surface area contributed by atoms with Crippen LogP contribution >= 0.6 is 0 Å². The summed E-state index contributed by atoms with van der Waals surface area (Å²) in [6.45, 7) is 2.42. The van der Waals surface area contributed by atoms with E-state index in [-0.39, 0.29) is 31.2 Å². The molecule has 1 atom stereocenters. The van der Waals surface area contributed by atoms with Crippen LogP contribution in [0.1, 0.15) is 12.5 Å². The van der Waals surface area contributed by atoms with Crippen molar-refractivity contribution in [3.8, 4) is 5.75 Å². The van der Waals surface area contributed by atoms with E-state index in [1.54, 1.807) is 37.3 Å². The third-order valence-electron chi connectivity index (χ3n) is 4.93. The summed E-state index contributed by atoms with van der Waals surface area (Å²) in [6.07, 6.45) is 0. The Morgan fingerprint density at radius 3 is 2.59 bits per heavy atom. The number of benzene rings is 2. The fourth-order valence-corrected chi connectivity index (χ4v) is 4.38. The molecule has 2 aromatic carbocycles. The number of ether oxygens (including phenoxy) is 2. The molecule has 182 valence electrons. The number of nitrogen functional groups attached to an aromatic ring is 1. The van der Waals surface area contributed by atoms with Gasteiger partial charge in [0.15, 0.2) is 6.61 Å². The van der Waals surface area contributed by atoms with E-state index >= 15 is 0 Å². The van der Waals surface area contributed by atoms with Crippen LogP contribution in [0.25, 0.3) is 0 Å². The van der Waals surface area contributed by atoms with Crippen LogP contribution in [0.15, 0.2) is 47.4 Å². The molecule has 12 heteroatoms. The van der Waals surface area contributed by atoms with Crippen LogP contribution in [-0.2, 0) is 29.1 Å². The molecular formula is C22H26N4O7S. The summed E-state index contributed by atoms with van der Waals surface area (Å²) in [5.74, 6) is -1.53. The van der Waals surface area contributed by atoms with Gasteiger partial charge >= 0.3 is 5.97 Å². The number of amides is 2. The highest BCUT2D eigenvalue weighted by Gasteiger charge is 2.30. The van der Waals surface area contributed by atoms with Crippen LogP contribution in [0.2, 0.25) is 0 Å². The van der Waals surface area contributed by atoms with E-state index in [1.165, 1.54) is 17.0 Å². The molecule has 2 amide bonds. The van der Waals surface area contributed by atoms with Crippen molar-refractivity contribution in [3.63, 3.8) is 0 Å². The lowest BCUT2D eigenvalue weighted by Crippen LogP contribution is -2.51. The number of nitrogens with two attached hydrogens (primary N) is 1. The minimum absolute atomic E-state index is 0.0255. The van der Waals surface area contributed by atoms with Crippen molar-refractivity contribution in [1.82, 2.24) is 10.0 Å². The average Bonchev–Trinajstić information content (AvgIpc) is 2.79. The largest absolute Gasteiger partial charge is 0.481 e. The molecule has 1 aliphatic heterocycles. The topological polar surface area (TPSA) is 157 Å². The number of nitrogens with one attached hydrogen (secondary N) is 2. The van der Waals surface area contributed by atoms with Crippen LogP contribution in [-0.4, -0.2) is 58.5 Å². The molecule has 0 bridgehead atoms. The lowest BCUT2D eigenvalue weighted by Gasteiger charge is -2.29. The van der Waals surface area contributed by atoms with Gasteiger partial charge in [0.1, 0.15) is 18.3 Å². The van der Waals surface area contributed by atoms with Crippen molar-refractivity contribution in [2.24, 2.45) is 0 Å². The SMILES string of the molecule is CCOC(=O)[C@H](CNC(=O)CN1C(=O)COc2cc(N)ccc21)NS(=O)(=O)c1ccc(C)cc1. The van der Waals surface area contributed by atoms with Gasteiger partial charge in [-0.05, 0) is 38.1 Å². The van der Waals surface area contributed by atoms with Gasteiger partial charge in [0.2, 0.25) is 15.9 Å². The van der Waals surface area contributed by atoms with Gasteiger partial charge in [0.05, 0.1) is 17.2 Å². The number of hydrogen-bond donors (Lipinski definition) is 3. The quantitative estimate of drug-likeness (QED) is 0.335. The van der Waals surface area contributed by atoms with Crippen LogP contribution < -0.4 is 25.4 Å². The van der Waals surface area contributed by atoms with Crippen LogP contribution in [0.5, 0.6) is 5.75 Å². The molecule has 11 nitrogen and oxygen atoms in total. The first kappa shape index (κ1) is 25.0. The smallest absolute Gasteiger partial charge is 0.326 e. The van der Waals surface area contributed by atoms with Crippen molar-refractivity contribution in [2.75, 3.05) is 36.9 Å². The Labute approximate surface area is 197 Å². The Hall–Kier alpha value is -3.64. The zero-order valence-electron chi connectivity index (χ0n) is 18.7. The minimum atomic E-state index is -4.06. The molecule has 0 spiro atoms. The molecule has 0 saturated carbocycles. The van der Waals surface area contributed by atoms with E-state index in [0.717, 1.165) is 5.56 Å². The van der Waals surface area contributed by atoms with Crippen LogP contribution in [0, 0.1) is 6.92 Å². The second-order valence-electron chi connectivity index (χ2n) is 7.54. The fourth-order valence-electron chi connectivity index (χ4n) is 3.20. The van der Waals surface area contributed by atoms with Crippen LogP contribution in [0.3, 0.4) is 0 Å². The lowest BCUT2D eigenvalue weighted by molar-refractivity contribution is -0.145. The Balaban J connectivity index is 1.69. The van der Waals surface area contributed by atoms with E-state index in [2.05, 4.69) is 10.0 Å². The van der Waals surface area contributed by atoms with E-state index < -0.39 is 33.8 Å². The van der Waals surface area contributed by atoms with Crippen molar-refractivity contribution in [3.05, 3.63) is 48.0 Å². The van der Waals surface area contributed by atoms with Gasteiger partial charge in [-0.25, -0.2) is 8.42 Å². The van der Waals surface area contributed by atoms with Crippen LogP contribution in [0.4, 0.5) is 11.4 Å². The Kier molecular flexibility index (Phi) is 7.74. The first-order chi connectivity index (χ1) is 16.1. The van der Waals surface area contributed by atoms with Gasteiger partial charge in [-0.3, -0.25) is 19.3 Å². The molecule has 0 fully saturated rings. The second kappa shape index (κ2) is 10.5. The van der Waals surface area contributed by atoms with Crippen molar-refractivity contribution in [1.29, 1.82) is 0 Å². The summed E-state index contributed by atoms with van der Waals surface area (Å²) in [5, 5.41) is 2.49. The third-order valence-corrected chi connectivity index (χ3v) is 6.42. The standard InChI is InChI=1S/C22H26N4O7S/c1-3-32-22(29)17(25-34(30,31)16-7-4-14(2)5-8-16)11-24-20(27)12-26-18-9-6-15(23)10-19(18)33-13-21(26)28/h4-10,17,25H,3,11-13,23H2,1-2H3,(H,24,27)/t17-/m0/s1. The van der Waals surface area contributed by atoms with E-state index in [9.17, 15) is 22.8 Å². The zero-order valence-corrected chi connectivity index (χ0v) is 19.6. The van der Waals surface area contributed by atoms with E-state index in [4.69, 9.17) is 15.2 Å². The summed E-state index contributed by atoms with van der Waals surface area (Å²) < 4.78 is 38.0. The molecule has 0 aromatic heterocycles. The summed E-state index contributed by atoms with van der Waals surface area (Å²) in [6, 6.07) is 9.38. The second-order valence-corrected chi connectivity index (χ2v) is 9.25. The normalized spacial score (nSPS) is 14.1. The van der Waals surface area contributed by atoms with Gasteiger partial charge in [0.25, 0.3) is 5.91 Å². The summed E-state index contributed by atoms with van der Waals surface area (Å²) >= 11 is 0. The Morgan fingerprint density at radius 2 is 1.91 bits per heavy atom. The highest BCUT2D eigenvalue weighted by molar-refractivity contribution is 7.89. The van der Waals surface area contributed by atoms with Gasteiger partial charge < -0.3 is 20.5 Å². The Bertz CT molecular complexity index is 1180. The maximum absolute atomic E-state index is 12.7. The zero-order chi connectivity index (χ0) is 24.9. The minimum Gasteiger partial charge on any atom is -0.481 e. The number of fused-ring (bicyclic) bond motifs is 1. The highest BCUT2D eigenvalue weighted by Crippen LogP contribution is 2.33. The number of carbonyl (C=O) groups is 3. The summed E-state index contributed by atoms with van der Waals surface area (Å²) in [4.78, 5) is 38.4. The number of carbonyl (C=O) groups excluding carboxylic acids is 3. The monoisotopic (exact) mass is 490 g/mol. The number of rotatable bonds is 9. The van der Waals surface area contributed by atoms with Crippen molar-refractivity contribution < 1.29 is 32.3 Å². The number of hydrogen-bond acceptors (Lipinski definition) is 8. The first-order valence-electron chi connectivity index (χ1n) is 10.5. The van der Waals surface area contributed by atoms with Crippen molar-refractivity contribution >= 4 is 39.2 Å². The van der Waals surface area contributed by atoms with Gasteiger partial charge in [-0.15, -0.1) is 0 Å². The molecule has 0 saturated heterocycles.